The Hall–Kier alpha value is -2.92. The van der Waals surface area contributed by atoms with E-state index in [1.54, 1.807) is 36.8 Å². The molecule has 2 aromatic heterocycles. The van der Waals surface area contributed by atoms with E-state index in [1.807, 2.05) is 31.2 Å². The molecule has 0 saturated heterocycles. The average molecular weight is 353 g/mol. The zero-order valence-corrected chi connectivity index (χ0v) is 14.4. The minimum Gasteiger partial charge on any atom is -0.380 e. The zero-order chi connectivity index (χ0) is 17.6. The number of halogens is 1. The molecule has 0 saturated carbocycles. The molecule has 0 fully saturated rings. The molecule has 0 aliphatic heterocycles. The Balaban J connectivity index is 1.63. The molecule has 5 nitrogen and oxygen atoms in total. The van der Waals surface area contributed by atoms with E-state index in [1.165, 1.54) is 0 Å². The molecule has 0 unspecified atom stereocenters. The van der Waals surface area contributed by atoms with Crippen molar-refractivity contribution in [3.8, 4) is 0 Å². The third kappa shape index (κ3) is 4.33. The molecule has 0 bridgehead atoms. The minimum atomic E-state index is -0.272. The van der Waals surface area contributed by atoms with Crippen LogP contribution in [-0.2, 0) is 6.54 Å². The SMILES string of the molecule is Cc1c(Cl)cccc1NC(=O)c1ccc(NCc2ccncc2)cn1. The van der Waals surface area contributed by atoms with Crippen LogP contribution < -0.4 is 10.6 Å². The topological polar surface area (TPSA) is 66.9 Å². The van der Waals surface area contributed by atoms with Crippen LogP contribution in [0, 0.1) is 6.92 Å². The van der Waals surface area contributed by atoms with E-state index in [0.29, 0.717) is 22.9 Å². The highest BCUT2D eigenvalue weighted by Gasteiger charge is 2.10. The van der Waals surface area contributed by atoms with Gasteiger partial charge in [-0.3, -0.25) is 9.78 Å². The molecule has 0 aliphatic carbocycles. The lowest BCUT2D eigenvalue weighted by molar-refractivity contribution is 0.102. The summed E-state index contributed by atoms with van der Waals surface area (Å²) < 4.78 is 0. The van der Waals surface area contributed by atoms with Crippen LogP contribution in [0.25, 0.3) is 0 Å². The van der Waals surface area contributed by atoms with Crippen LogP contribution in [0.1, 0.15) is 21.6 Å². The van der Waals surface area contributed by atoms with Crippen LogP contribution >= 0.6 is 11.6 Å². The number of pyridine rings is 2. The standard InChI is InChI=1S/C19H17ClN4O/c1-13-16(20)3-2-4-17(13)24-19(25)18-6-5-15(12-23-18)22-11-14-7-9-21-10-8-14/h2-10,12,22H,11H2,1H3,(H,24,25). The molecular weight excluding hydrogens is 336 g/mol. The number of carbonyl (C=O) groups excluding carboxylic acids is 1. The summed E-state index contributed by atoms with van der Waals surface area (Å²) in [6.07, 6.45) is 5.14. The number of nitrogens with one attached hydrogen (secondary N) is 2. The number of hydrogen-bond acceptors (Lipinski definition) is 4. The maximum Gasteiger partial charge on any atom is 0.274 e. The summed E-state index contributed by atoms with van der Waals surface area (Å²) in [4.78, 5) is 20.5. The van der Waals surface area contributed by atoms with Crippen molar-refractivity contribution in [1.82, 2.24) is 9.97 Å². The van der Waals surface area contributed by atoms with Crippen molar-refractivity contribution in [2.24, 2.45) is 0 Å². The summed E-state index contributed by atoms with van der Waals surface area (Å²) in [5, 5.41) is 6.70. The molecule has 2 N–H and O–H groups in total. The van der Waals surface area contributed by atoms with Crippen molar-refractivity contribution in [3.63, 3.8) is 0 Å². The van der Waals surface area contributed by atoms with Crippen molar-refractivity contribution >= 4 is 28.9 Å². The first-order valence-electron chi connectivity index (χ1n) is 7.79. The normalized spacial score (nSPS) is 10.3. The monoisotopic (exact) mass is 352 g/mol. The minimum absolute atomic E-state index is 0.272. The number of aromatic nitrogens is 2. The van der Waals surface area contributed by atoms with Crippen LogP contribution in [0.5, 0.6) is 0 Å². The van der Waals surface area contributed by atoms with Gasteiger partial charge in [0.15, 0.2) is 0 Å². The van der Waals surface area contributed by atoms with Crippen molar-refractivity contribution in [2.75, 3.05) is 10.6 Å². The molecule has 3 aromatic rings. The fraction of sp³-hybridized carbons (Fsp3) is 0.105. The Morgan fingerprint density at radius 2 is 1.92 bits per heavy atom. The quantitative estimate of drug-likeness (QED) is 0.718. The Labute approximate surface area is 151 Å². The van der Waals surface area contributed by atoms with Crippen molar-refractivity contribution in [1.29, 1.82) is 0 Å². The zero-order valence-electron chi connectivity index (χ0n) is 13.7. The maximum absolute atomic E-state index is 12.3. The van der Waals surface area contributed by atoms with Gasteiger partial charge in [0.25, 0.3) is 5.91 Å². The number of rotatable bonds is 5. The number of amides is 1. The fourth-order valence-electron chi connectivity index (χ4n) is 2.27. The largest absolute Gasteiger partial charge is 0.380 e. The Bertz CT molecular complexity index is 866. The second-order valence-electron chi connectivity index (χ2n) is 5.51. The van der Waals surface area contributed by atoms with Crippen molar-refractivity contribution < 1.29 is 4.79 Å². The second-order valence-corrected chi connectivity index (χ2v) is 5.91. The number of nitrogens with zero attached hydrogens (tertiary/aromatic N) is 2. The molecular formula is C19H17ClN4O. The highest BCUT2D eigenvalue weighted by molar-refractivity contribution is 6.31. The summed E-state index contributed by atoms with van der Waals surface area (Å²) in [7, 11) is 0. The maximum atomic E-state index is 12.3. The summed E-state index contributed by atoms with van der Waals surface area (Å²) >= 11 is 6.07. The van der Waals surface area contributed by atoms with Gasteiger partial charge >= 0.3 is 0 Å². The first kappa shape index (κ1) is 16.9. The summed E-state index contributed by atoms with van der Waals surface area (Å²) in [6.45, 7) is 2.52. The number of hydrogen-bond donors (Lipinski definition) is 2. The molecule has 0 atom stereocenters. The third-order valence-corrected chi connectivity index (χ3v) is 4.17. The Morgan fingerprint density at radius 1 is 1.12 bits per heavy atom. The third-order valence-electron chi connectivity index (χ3n) is 3.76. The van der Waals surface area contributed by atoms with E-state index in [4.69, 9.17) is 11.6 Å². The lowest BCUT2D eigenvalue weighted by Crippen LogP contribution is -2.14. The van der Waals surface area contributed by atoms with Gasteiger partial charge in [-0.1, -0.05) is 17.7 Å². The molecule has 0 radical (unpaired) electrons. The van der Waals surface area contributed by atoms with E-state index in [9.17, 15) is 4.79 Å². The molecule has 1 aromatic carbocycles. The van der Waals surface area contributed by atoms with Gasteiger partial charge in [0.2, 0.25) is 0 Å². The molecule has 6 heteroatoms. The van der Waals surface area contributed by atoms with Gasteiger partial charge < -0.3 is 10.6 Å². The molecule has 2 heterocycles. The van der Waals surface area contributed by atoms with E-state index < -0.39 is 0 Å². The highest BCUT2D eigenvalue weighted by Crippen LogP contribution is 2.23. The fourth-order valence-corrected chi connectivity index (χ4v) is 2.44. The Morgan fingerprint density at radius 3 is 2.64 bits per heavy atom. The molecule has 25 heavy (non-hydrogen) atoms. The second kappa shape index (κ2) is 7.77. The molecule has 1 amide bonds. The number of benzene rings is 1. The van der Waals surface area contributed by atoms with Crippen LogP contribution in [0.2, 0.25) is 5.02 Å². The van der Waals surface area contributed by atoms with E-state index in [-0.39, 0.29) is 5.91 Å². The van der Waals surface area contributed by atoms with Gasteiger partial charge in [-0.05, 0) is 54.4 Å². The van der Waals surface area contributed by atoms with E-state index in [0.717, 1.165) is 16.8 Å². The summed E-state index contributed by atoms with van der Waals surface area (Å²) in [5.41, 5.74) is 3.81. The van der Waals surface area contributed by atoms with E-state index in [2.05, 4.69) is 20.6 Å². The predicted octanol–water partition coefficient (Wildman–Crippen LogP) is 4.30. The molecule has 0 spiro atoms. The van der Waals surface area contributed by atoms with Gasteiger partial charge in [0.05, 0.1) is 11.9 Å². The van der Waals surface area contributed by atoms with Crippen molar-refractivity contribution in [2.45, 2.75) is 13.5 Å². The van der Waals surface area contributed by atoms with Gasteiger partial charge in [-0.25, -0.2) is 4.98 Å². The number of anilines is 2. The molecule has 0 aliphatic rings. The van der Waals surface area contributed by atoms with Gasteiger partial charge in [-0.15, -0.1) is 0 Å². The van der Waals surface area contributed by atoms with Gasteiger partial charge in [0, 0.05) is 29.6 Å². The lowest BCUT2D eigenvalue weighted by atomic mass is 10.2. The van der Waals surface area contributed by atoms with Crippen LogP contribution in [0.15, 0.2) is 61.1 Å². The summed E-state index contributed by atoms with van der Waals surface area (Å²) in [5.74, 6) is -0.272. The van der Waals surface area contributed by atoms with Crippen molar-refractivity contribution in [3.05, 3.63) is 82.9 Å². The lowest BCUT2D eigenvalue weighted by Gasteiger charge is -2.10. The molecule has 3 rings (SSSR count). The smallest absolute Gasteiger partial charge is 0.274 e. The highest BCUT2D eigenvalue weighted by atomic mass is 35.5. The van der Waals surface area contributed by atoms with Gasteiger partial charge in [-0.2, -0.15) is 0 Å². The van der Waals surface area contributed by atoms with Crippen LogP contribution in [0.3, 0.4) is 0 Å². The first-order chi connectivity index (χ1) is 12.1. The van der Waals surface area contributed by atoms with Crippen LogP contribution in [-0.4, -0.2) is 15.9 Å². The van der Waals surface area contributed by atoms with Crippen LogP contribution in [0.4, 0.5) is 11.4 Å². The van der Waals surface area contributed by atoms with Gasteiger partial charge in [0.1, 0.15) is 5.69 Å². The Kier molecular flexibility index (Phi) is 5.26. The number of carbonyl (C=O) groups is 1. The predicted molar refractivity (Wildman–Crippen MR) is 99.9 cm³/mol. The average Bonchev–Trinajstić information content (AvgIpc) is 2.65. The first-order valence-corrected chi connectivity index (χ1v) is 8.16. The van der Waals surface area contributed by atoms with E-state index >= 15 is 0 Å². The molecule has 126 valence electrons. The summed E-state index contributed by atoms with van der Waals surface area (Å²) in [6, 6.07) is 12.8.